The lowest BCUT2D eigenvalue weighted by Crippen LogP contribution is -2.50. The van der Waals surface area contributed by atoms with Crippen molar-refractivity contribution in [3.8, 4) is 17.1 Å². The molecule has 162 valence electrons. The van der Waals surface area contributed by atoms with Gasteiger partial charge in [0, 0.05) is 24.3 Å². The topological polar surface area (TPSA) is 100 Å². The second-order valence-electron chi connectivity index (χ2n) is 8.32. The van der Waals surface area contributed by atoms with Crippen molar-refractivity contribution >= 4 is 28.3 Å². The zero-order valence-electron chi connectivity index (χ0n) is 16.6. The van der Waals surface area contributed by atoms with Gasteiger partial charge in [-0.2, -0.15) is 4.98 Å². The molecule has 0 spiro atoms. The second-order valence-corrected chi connectivity index (χ2v) is 8.72. The molecule has 8 nitrogen and oxygen atoms in total. The molecule has 6 rings (SSSR count). The number of imidazole rings is 1. The molecule has 0 aliphatic carbocycles. The van der Waals surface area contributed by atoms with Crippen molar-refractivity contribution in [3.63, 3.8) is 0 Å². The molecule has 9 heteroatoms. The number of hydrogen-bond donors (Lipinski definition) is 3. The van der Waals surface area contributed by atoms with Crippen LogP contribution in [0.2, 0.25) is 5.02 Å². The summed E-state index contributed by atoms with van der Waals surface area (Å²) in [6, 6.07) is 12.3. The summed E-state index contributed by atoms with van der Waals surface area (Å²) in [4.78, 5) is 9.85. The molecule has 2 unspecified atom stereocenters. The second kappa shape index (κ2) is 7.36. The van der Waals surface area contributed by atoms with Gasteiger partial charge in [0.05, 0.1) is 35.4 Å². The van der Waals surface area contributed by atoms with Crippen molar-refractivity contribution in [1.29, 1.82) is 0 Å². The van der Waals surface area contributed by atoms with E-state index in [0.29, 0.717) is 30.7 Å². The van der Waals surface area contributed by atoms with Crippen LogP contribution in [0.1, 0.15) is 0 Å². The number of aliphatic hydroxyl groups is 2. The van der Waals surface area contributed by atoms with Gasteiger partial charge in [0.2, 0.25) is 0 Å². The number of fused-ring (bicyclic) bond motifs is 2. The zero-order valence-corrected chi connectivity index (χ0v) is 17.3. The van der Waals surface area contributed by atoms with Crippen LogP contribution in [0, 0.1) is 0 Å². The molecule has 2 aromatic carbocycles. The maximum absolute atomic E-state index is 9.89. The van der Waals surface area contributed by atoms with Crippen molar-refractivity contribution in [1.82, 2.24) is 9.97 Å². The maximum Gasteiger partial charge on any atom is 0.295 e. The van der Waals surface area contributed by atoms with Crippen molar-refractivity contribution in [2.75, 3.05) is 31.2 Å². The Kier molecular flexibility index (Phi) is 4.59. The van der Waals surface area contributed by atoms with Crippen LogP contribution in [0.4, 0.5) is 5.69 Å². The number of benzene rings is 2. The van der Waals surface area contributed by atoms with Gasteiger partial charge in [-0.05, 0) is 29.8 Å². The van der Waals surface area contributed by atoms with Crippen molar-refractivity contribution in [3.05, 3.63) is 41.4 Å². The molecule has 0 saturated carbocycles. The number of H-pyrrole nitrogens is 1. The van der Waals surface area contributed by atoms with E-state index in [-0.39, 0.29) is 31.0 Å². The number of nitrogens with one attached hydrogen (secondary N) is 1. The van der Waals surface area contributed by atoms with Gasteiger partial charge in [-0.3, -0.25) is 0 Å². The molecule has 3 aliphatic rings. The minimum Gasteiger partial charge on any atom is -0.456 e. The normalized spacial score (nSPS) is 28.2. The number of hydrogen-bond acceptors (Lipinski definition) is 7. The first kappa shape index (κ1) is 19.3. The number of aliphatic hydroxyl groups excluding tert-OH is 2. The Labute approximate surface area is 183 Å². The number of β-amino-alcohol motifs (C(OH)–C–C–N with tert-alkyl or cyclic N) is 1. The zero-order chi connectivity index (χ0) is 21.1. The molecule has 3 fully saturated rings. The van der Waals surface area contributed by atoms with Crippen molar-refractivity contribution in [2.24, 2.45) is 0 Å². The summed E-state index contributed by atoms with van der Waals surface area (Å²) in [5, 5.41) is 20.0. The fourth-order valence-electron chi connectivity index (χ4n) is 4.49. The molecule has 31 heavy (non-hydrogen) atoms. The molecule has 0 radical (unpaired) electrons. The highest BCUT2D eigenvalue weighted by Gasteiger charge is 2.48. The minimum atomic E-state index is -0.617. The van der Waals surface area contributed by atoms with Crippen LogP contribution in [0.3, 0.4) is 0 Å². The summed E-state index contributed by atoms with van der Waals surface area (Å²) >= 11 is 6.57. The first-order valence-electron chi connectivity index (χ1n) is 10.4. The molecule has 1 aromatic heterocycles. The van der Waals surface area contributed by atoms with E-state index in [4.69, 9.17) is 25.8 Å². The quantitative estimate of drug-likeness (QED) is 0.566. The van der Waals surface area contributed by atoms with Crippen LogP contribution in [0.25, 0.3) is 22.2 Å². The first-order valence-corrected chi connectivity index (χ1v) is 10.7. The van der Waals surface area contributed by atoms with E-state index < -0.39 is 6.10 Å². The molecule has 4 atom stereocenters. The van der Waals surface area contributed by atoms with Crippen LogP contribution >= 0.6 is 11.6 Å². The smallest absolute Gasteiger partial charge is 0.295 e. The Morgan fingerprint density at radius 3 is 2.61 bits per heavy atom. The fourth-order valence-corrected chi connectivity index (χ4v) is 4.76. The fraction of sp³-hybridized carbons (Fsp3) is 0.409. The highest BCUT2D eigenvalue weighted by atomic mass is 35.5. The number of aromatic amines is 1. The number of nitrogens with zero attached hydrogens (tertiary/aromatic N) is 2. The predicted octanol–water partition coefficient (Wildman–Crippen LogP) is 1.97. The molecule has 0 amide bonds. The van der Waals surface area contributed by atoms with E-state index in [1.807, 2.05) is 36.4 Å². The Bertz CT molecular complexity index is 1110. The van der Waals surface area contributed by atoms with Crippen LogP contribution in [-0.2, 0) is 9.47 Å². The van der Waals surface area contributed by atoms with E-state index in [1.165, 1.54) is 0 Å². The van der Waals surface area contributed by atoms with E-state index in [1.54, 1.807) is 0 Å². The van der Waals surface area contributed by atoms with E-state index in [9.17, 15) is 10.2 Å². The summed E-state index contributed by atoms with van der Waals surface area (Å²) in [5.74, 6) is 0. The molecular weight excluding hydrogens is 422 g/mol. The number of ether oxygens (including phenoxy) is 3. The van der Waals surface area contributed by atoms with Gasteiger partial charge >= 0.3 is 0 Å². The van der Waals surface area contributed by atoms with Gasteiger partial charge in [0.25, 0.3) is 6.01 Å². The predicted molar refractivity (Wildman–Crippen MR) is 115 cm³/mol. The third-order valence-corrected chi connectivity index (χ3v) is 6.51. The third kappa shape index (κ3) is 3.35. The maximum atomic E-state index is 9.89. The average Bonchev–Trinajstić information content (AvgIpc) is 3.42. The highest BCUT2D eigenvalue weighted by Crippen LogP contribution is 2.35. The van der Waals surface area contributed by atoms with Gasteiger partial charge in [-0.15, -0.1) is 0 Å². The van der Waals surface area contributed by atoms with E-state index in [2.05, 4.69) is 14.9 Å². The summed E-state index contributed by atoms with van der Waals surface area (Å²) in [7, 11) is 0. The molecular formula is C22H22ClN3O5. The first-order chi connectivity index (χ1) is 15.0. The largest absolute Gasteiger partial charge is 0.456 e. The molecule has 3 aliphatic heterocycles. The summed E-state index contributed by atoms with van der Waals surface area (Å²) < 4.78 is 17.2. The molecule has 4 heterocycles. The lowest BCUT2D eigenvalue weighted by Gasteiger charge is -2.37. The molecule has 3 N–H and O–H groups in total. The van der Waals surface area contributed by atoms with E-state index >= 15 is 0 Å². The number of anilines is 1. The van der Waals surface area contributed by atoms with Gasteiger partial charge in [-0.25, -0.2) is 0 Å². The lowest BCUT2D eigenvalue weighted by atomic mass is 10.0. The van der Waals surface area contributed by atoms with Gasteiger partial charge in [0.1, 0.15) is 18.3 Å². The summed E-state index contributed by atoms with van der Waals surface area (Å²) in [5.41, 5.74) is 4.47. The van der Waals surface area contributed by atoms with Crippen molar-refractivity contribution in [2.45, 2.75) is 30.5 Å². The Morgan fingerprint density at radius 1 is 1.06 bits per heavy atom. The van der Waals surface area contributed by atoms with Crippen molar-refractivity contribution < 1.29 is 24.4 Å². The standard InChI is InChI=1S/C22H22ClN3O5/c23-15-6-17-16(5-14(15)11-1-3-12(4-2-11)26-7-13(27)8-26)24-22(25-17)31-19-10-30-20-18(28)9-29-21(19)20/h1-6,13,18-21,27-28H,7-10H2,(H,24,25)/t18?,19?,20-,21-/m1/s1. The van der Waals surface area contributed by atoms with Gasteiger partial charge < -0.3 is 34.3 Å². The summed E-state index contributed by atoms with van der Waals surface area (Å²) in [6.45, 7) is 1.93. The average molecular weight is 444 g/mol. The minimum absolute atomic E-state index is 0.236. The number of aromatic nitrogens is 2. The SMILES string of the molecule is OC1CN(c2ccc(-c3cc4nc(OC5CO[C@@H]6C(O)CO[C@H]56)[nH]c4cc3Cl)cc2)C1. The molecule has 3 aromatic rings. The Morgan fingerprint density at radius 2 is 1.84 bits per heavy atom. The monoisotopic (exact) mass is 443 g/mol. The van der Waals surface area contributed by atoms with Gasteiger partial charge in [0.15, 0.2) is 6.10 Å². The number of rotatable bonds is 4. The lowest BCUT2D eigenvalue weighted by molar-refractivity contribution is 0.00706. The van der Waals surface area contributed by atoms with E-state index in [0.717, 1.165) is 27.8 Å². The van der Waals surface area contributed by atoms with Crippen LogP contribution in [-0.4, -0.2) is 77.0 Å². The molecule has 3 saturated heterocycles. The third-order valence-electron chi connectivity index (χ3n) is 6.20. The molecule has 0 bridgehead atoms. The Balaban J connectivity index is 1.23. The van der Waals surface area contributed by atoms with Crippen LogP contribution < -0.4 is 9.64 Å². The highest BCUT2D eigenvalue weighted by molar-refractivity contribution is 6.34. The van der Waals surface area contributed by atoms with Gasteiger partial charge in [-0.1, -0.05) is 23.7 Å². The number of halogens is 1. The summed E-state index contributed by atoms with van der Waals surface area (Å²) in [6.07, 6.45) is -1.83. The van der Waals surface area contributed by atoms with Crippen LogP contribution in [0.15, 0.2) is 36.4 Å². The van der Waals surface area contributed by atoms with Crippen LogP contribution in [0.5, 0.6) is 6.01 Å². The Hall–Kier alpha value is -2.36.